The molecule has 0 radical (unpaired) electrons. The number of rotatable bonds is 5. The zero-order valence-electron chi connectivity index (χ0n) is 13.8. The van der Waals surface area contributed by atoms with E-state index in [1.165, 1.54) is 4.68 Å². The van der Waals surface area contributed by atoms with Crippen LogP contribution in [0.1, 0.15) is 23.2 Å². The van der Waals surface area contributed by atoms with Crippen LogP contribution in [0.25, 0.3) is 0 Å². The van der Waals surface area contributed by atoms with Gasteiger partial charge >= 0.3 is 0 Å². The van der Waals surface area contributed by atoms with Gasteiger partial charge in [0.05, 0.1) is 18.7 Å². The average molecular weight is 341 g/mol. The van der Waals surface area contributed by atoms with Gasteiger partial charge in [0.25, 0.3) is 5.56 Å². The van der Waals surface area contributed by atoms with Crippen LogP contribution in [-0.2, 0) is 30.6 Å². The number of carbonyl (C=O) groups excluding carboxylic acids is 1. The molecule has 1 N–H and O–H groups in total. The van der Waals surface area contributed by atoms with Gasteiger partial charge in [-0.25, -0.2) is 4.68 Å². The molecule has 0 atom stereocenters. The fourth-order valence-corrected chi connectivity index (χ4v) is 3.20. The Morgan fingerprint density at radius 1 is 1.20 bits per heavy atom. The molecule has 2 aliphatic rings. The van der Waals surface area contributed by atoms with E-state index in [2.05, 4.69) is 10.4 Å². The minimum Gasteiger partial charge on any atom is -0.454 e. The van der Waals surface area contributed by atoms with E-state index in [4.69, 9.17) is 9.47 Å². The third-order valence-corrected chi connectivity index (χ3v) is 4.47. The number of nitrogens with zero attached hydrogens (tertiary/aromatic N) is 2. The Labute approximate surface area is 144 Å². The van der Waals surface area contributed by atoms with Gasteiger partial charge in [0, 0.05) is 12.6 Å². The monoisotopic (exact) mass is 341 g/mol. The Bertz CT molecular complexity index is 875. The molecule has 130 valence electrons. The fraction of sp³-hybridized carbons (Fsp3) is 0.389. The van der Waals surface area contributed by atoms with E-state index in [0.29, 0.717) is 24.6 Å². The van der Waals surface area contributed by atoms with Crippen molar-refractivity contribution in [3.63, 3.8) is 0 Å². The number of benzene rings is 1. The number of amides is 1. The minimum atomic E-state index is -0.106. The quantitative estimate of drug-likeness (QED) is 0.871. The molecule has 2 aromatic rings. The van der Waals surface area contributed by atoms with Crippen molar-refractivity contribution in [3.05, 3.63) is 51.4 Å². The van der Waals surface area contributed by atoms with Gasteiger partial charge in [-0.05, 0) is 42.5 Å². The zero-order valence-corrected chi connectivity index (χ0v) is 13.8. The Hall–Kier alpha value is -2.83. The SMILES string of the molecule is O=C(Cc1ccc2c(c1)OCO2)NCCn1nc2c(cc1=O)CCC2. The van der Waals surface area contributed by atoms with Gasteiger partial charge in [0.2, 0.25) is 12.7 Å². The lowest BCUT2D eigenvalue weighted by Gasteiger charge is -2.09. The number of carbonyl (C=O) groups is 1. The van der Waals surface area contributed by atoms with Crippen LogP contribution in [0.4, 0.5) is 0 Å². The van der Waals surface area contributed by atoms with E-state index in [-0.39, 0.29) is 24.7 Å². The third kappa shape index (κ3) is 3.35. The second kappa shape index (κ2) is 6.58. The van der Waals surface area contributed by atoms with Crippen molar-refractivity contribution in [2.45, 2.75) is 32.2 Å². The Morgan fingerprint density at radius 2 is 2.08 bits per heavy atom. The molecule has 4 rings (SSSR count). The second-order valence-corrected chi connectivity index (χ2v) is 6.25. The van der Waals surface area contributed by atoms with Gasteiger partial charge in [0.15, 0.2) is 11.5 Å². The molecule has 0 spiro atoms. The molecule has 0 unspecified atom stereocenters. The van der Waals surface area contributed by atoms with Gasteiger partial charge in [0.1, 0.15) is 0 Å². The summed E-state index contributed by atoms with van der Waals surface area (Å²) in [4.78, 5) is 24.1. The first-order chi connectivity index (χ1) is 12.2. The predicted molar refractivity (Wildman–Crippen MR) is 89.8 cm³/mol. The molecule has 1 aliphatic heterocycles. The highest BCUT2D eigenvalue weighted by atomic mass is 16.7. The largest absolute Gasteiger partial charge is 0.454 e. The highest BCUT2D eigenvalue weighted by molar-refractivity contribution is 5.78. The summed E-state index contributed by atoms with van der Waals surface area (Å²) in [6, 6.07) is 7.14. The lowest BCUT2D eigenvalue weighted by molar-refractivity contribution is -0.120. The highest BCUT2D eigenvalue weighted by Gasteiger charge is 2.16. The Balaban J connectivity index is 1.31. The molecule has 25 heavy (non-hydrogen) atoms. The molecule has 2 heterocycles. The molecule has 0 bridgehead atoms. The van der Waals surface area contributed by atoms with Crippen molar-refractivity contribution in [3.8, 4) is 11.5 Å². The fourth-order valence-electron chi connectivity index (χ4n) is 3.20. The molecule has 1 aromatic heterocycles. The average Bonchev–Trinajstić information content (AvgIpc) is 3.23. The summed E-state index contributed by atoms with van der Waals surface area (Å²) < 4.78 is 12.0. The van der Waals surface area contributed by atoms with E-state index in [0.717, 1.165) is 36.1 Å². The van der Waals surface area contributed by atoms with Crippen molar-refractivity contribution in [1.29, 1.82) is 0 Å². The van der Waals surface area contributed by atoms with Crippen LogP contribution in [-0.4, -0.2) is 29.0 Å². The third-order valence-electron chi connectivity index (χ3n) is 4.47. The van der Waals surface area contributed by atoms with Gasteiger partial charge in [-0.15, -0.1) is 0 Å². The molecule has 7 heteroatoms. The molecule has 0 saturated carbocycles. The van der Waals surface area contributed by atoms with E-state index in [9.17, 15) is 9.59 Å². The molecular weight excluding hydrogens is 322 g/mol. The first kappa shape index (κ1) is 15.7. The summed E-state index contributed by atoms with van der Waals surface area (Å²) in [5.74, 6) is 1.26. The van der Waals surface area contributed by atoms with E-state index in [1.807, 2.05) is 12.1 Å². The first-order valence-electron chi connectivity index (χ1n) is 8.44. The standard InChI is InChI=1S/C18H19N3O4/c22-17(9-12-4-5-15-16(8-12)25-11-24-15)19-6-7-21-18(23)10-13-2-1-3-14(13)20-21/h4-5,8,10H,1-3,6-7,9,11H2,(H,19,22). The summed E-state index contributed by atoms with van der Waals surface area (Å²) in [5.41, 5.74) is 2.82. The number of hydrogen-bond acceptors (Lipinski definition) is 5. The van der Waals surface area contributed by atoms with Crippen LogP contribution in [0.5, 0.6) is 11.5 Å². The maximum absolute atomic E-state index is 12.1. The number of aromatic nitrogens is 2. The normalized spacial score (nSPS) is 14.4. The van der Waals surface area contributed by atoms with Crippen molar-refractivity contribution in [2.24, 2.45) is 0 Å². The van der Waals surface area contributed by atoms with Crippen LogP contribution in [0.2, 0.25) is 0 Å². The van der Waals surface area contributed by atoms with Crippen LogP contribution in [0.3, 0.4) is 0 Å². The number of ether oxygens (including phenoxy) is 2. The summed E-state index contributed by atoms with van der Waals surface area (Å²) >= 11 is 0. The summed E-state index contributed by atoms with van der Waals surface area (Å²) in [5, 5.41) is 7.23. The molecule has 0 saturated heterocycles. The molecular formula is C18H19N3O4. The molecule has 7 nitrogen and oxygen atoms in total. The maximum Gasteiger partial charge on any atom is 0.267 e. The van der Waals surface area contributed by atoms with Gasteiger partial charge in [-0.3, -0.25) is 9.59 Å². The van der Waals surface area contributed by atoms with Gasteiger partial charge < -0.3 is 14.8 Å². The highest BCUT2D eigenvalue weighted by Crippen LogP contribution is 2.32. The molecule has 1 aliphatic carbocycles. The molecule has 1 aromatic carbocycles. The molecule has 1 amide bonds. The number of fused-ring (bicyclic) bond motifs is 2. The van der Waals surface area contributed by atoms with Crippen LogP contribution in [0.15, 0.2) is 29.1 Å². The van der Waals surface area contributed by atoms with Gasteiger partial charge in [-0.1, -0.05) is 6.07 Å². The molecule has 0 fully saturated rings. The smallest absolute Gasteiger partial charge is 0.267 e. The number of aryl methyl sites for hydroxylation is 2. The van der Waals surface area contributed by atoms with Crippen molar-refractivity contribution < 1.29 is 14.3 Å². The minimum absolute atomic E-state index is 0.104. The first-order valence-corrected chi connectivity index (χ1v) is 8.44. The second-order valence-electron chi connectivity index (χ2n) is 6.25. The van der Waals surface area contributed by atoms with E-state index in [1.54, 1.807) is 12.1 Å². The van der Waals surface area contributed by atoms with Gasteiger partial charge in [-0.2, -0.15) is 5.10 Å². The lowest BCUT2D eigenvalue weighted by Crippen LogP contribution is -2.33. The van der Waals surface area contributed by atoms with Crippen LogP contribution >= 0.6 is 0 Å². The summed E-state index contributed by atoms with van der Waals surface area (Å²) in [6.45, 7) is 0.960. The predicted octanol–water partition coefficient (Wildman–Crippen LogP) is 0.820. The Kier molecular flexibility index (Phi) is 4.13. The zero-order chi connectivity index (χ0) is 17.2. The Morgan fingerprint density at radius 3 is 3.00 bits per heavy atom. The van der Waals surface area contributed by atoms with Crippen molar-refractivity contribution in [2.75, 3.05) is 13.3 Å². The lowest BCUT2D eigenvalue weighted by atomic mass is 10.1. The van der Waals surface area contributed by atoms with E-state index >= 15 is 0 Å². The summed E-state index contributed by atoms with van der Waals surface area (Å²) in [7, 11) is 0. The van der Waals surface area contributed by atoms with Crippen molar-refractivity contribution in [1.82, 2.24) is 15.1 Å². The van der Waals surface area contributed by atoms with Crippen LogP contribution in [0, 0.1) is 0 Å². The topological polar surface area (TPSA) is 82.4 Å². The maximum atomic E-state index is 12.1. The van der Waals surface area contributed by atoms with E-state index < -0.39 is 0 Å². The number of nitrogens with one attached hydrogen (secondary N) is 1. The van der Waals surface area contributed by atoms with Crippen LogP contribution < -0.4 is 20.3 Å². The summed E-state index contributed by atoms with van der Waals surface area (Å²) in [6.07, 6.45) is 3.16. The number of hydrogen-bond donors (Lipinski definition) is 1. The van der Waals surface area contributed by atoms with Crippen molar-refractivity contribution >= 4 is 5.91 Å².